The number of nitrogens with one attached hydrogen (secondary N) is 1. The van der Waals surface area contributed by atoms with Crippen molar-refractivity contribution in [1.82, 2.24) is 4.98 Å². The van der Waals surface area contributed by atoms with Crippen molar-refractivity contribution in [2.24, 2.45) is 5.41 Å². The summed E-state index contributed by atoms with van der Waals surface area (Å²) in [7, 11) is 0. The Hall–Kier alpha value is -1.66. The highest BCUT2D eigenvalue weighted by molar-refractivity contribution is 8.00. The zero-order valence-corrected chi connectivity index (χ0v) is 15.6. The monoisotopic (exact) mass is 360 g/mol. The maximum absolute atomic E-state index is 12.2. The van der Waals surface area contributed by atoms with E-state index in [1.807, 2.05) is 31.2 Å². The van der Waals surface area contributed by atoms with Crippen molar-refractivity contribution in [3.63, 3.8) is 0 Å². The molecule has 1 aromatic carbocycles. The molecule has 24 heavy (non-hydrogen) atoms. The van der Waals surface area contributed by atoms with E-state index in [0.717, 1.165) is 22.6 Å². The normalized spacial score (nSPS) is 15.9. The van der Waals surface area contributed by atoms with Gasteiger partial charge in [0.05, 0.1) is 16.3 Å². The number of aryl methyl sites for hydroxylation is 1. The fourth-order valence-corrected chi connectivity index (χ4v) is 4.56. The molecular weight excluding hydrogens is 340 g/mol. The Kier molecular flexibility index (Phi) is 4.78. The smallest absolute Gasteiger partial charge is 0.236 e. The van der Waals surface area contributed by atoms with Gasteiger partial charge in [-0.05, 0) is 30.4 Å². The van der Waals surface area contributed by atoms with E-state index < -0.39 is 0 Å². The van der Waals surface area contributed by atoms with Gasteiger partial charge in [-0.1, -0.05) is 43.4 Å². The number of thioether (sulfide) groups is 1. The molecule has 0 atom stereocenters. The van der Waals surface area contributed by atoms with E-state index in [2.05, 4.69) is 24.1 Å². The number of carbonyl (C=O) groups excluding carboxylic acids is 2. The molecule has 1 heterocycles. The molecule has 0 radical (unpaired) electrons. The number of rotatable bonds is 4. The first kappa shape index (κ1) is 17.2. The molecule has 0 saturated carbocycles. The van der Waals surface area contributed by atoms with Gasteiger partial charge in [-0.3, -0.25) is 9.59 Å². The number of aromatic nitrogens is 1. The predicted molar refractivity (Wildman–Crippen MR) is 99.1 cm³/mol. The Balaban J connectivity index is 1.64. The van der Waals surface area contributed by atoms with Crippen LogP contribution >= 0.6 is 23.1 Å². The van der Waals surface area contributed by atoms with Crippen LogP contribution in [0.5, 0.6) is 0 Å². The van der Waals surface area contributed by atoms with Crippen molar-refractivity contribution in [3.05, 3.63) is 40.4 Å². The lowest BCUT2D eigenvalue weighted by Crippen LogP contribution is -2.26. The van der Waals surface area contributed by atoms with Crippen molar-refractivity contribution < 1.29 is 9.59 Å². The molecule has 1 aliphatic carbocycles. The van der Waals surface area contributed by atoms with Crippen molar-refractivity contribution in [3.8, 4) is 0 Å². The highest BCUT2D eigenvalue weighted by atomic mass is 32.2. The van der Waals surface area contributed by atoms with Crippen LogP contribution in [0, 0.1) is 12.3 Å². The first-order valence-electron chi connectivity index (χ1n) is 7.85. The zero-order valence-electron chi connectivity index (χ0n) is 14.0. The molecule has 0 aliphatic heterocycles. The van der Waals surface area contributed by atoms with Gasteiger partial charge in [-0.2, -0.15) is 0 Å². The highest BCUT2D eigenvalue weighted by Crippen LogP contribution is 2.38. The Labute approximate surface area is 150 Å². The van der Waals surface area contributed by atoms with Crippen molar-refractivity contribution in [2.75, 3.05) is 11.1 Å². The van der Waals surface area contributed by atoms with Crippen LogP contribution in [0.3, 0.4) is 0 Å². The average molecular weight is 361 g/mol. The van der Waals surface area contributed by atoms with Gasteiger partial charge < -0.3 is 5.32 Å². The summed E-state index contributed by atoms with van der Waals surface area (Å²) in [6.07, 6.45) is 1.32. The van der Waals surface area contributed by atoms with E-state index >= 15 is 0 Å². The molecule has 1 aromatic heterocycles. The summed E-state index contributed by atoms with van der Waals surface area (Å²) in [6.45, 7) is 6.18. The topological polar surface area (TPSA) is 59.1 Å². The van der Waals surface area contributed by atoms with Crippen molar-refractivity contribution in [2.45, 2.75) is 38.5 Å². The number of amides is 1. The lowest BCUT2D eigenvalue weighted by Gasteiger charge is -2.26. The number of anilines is 1. The van der Waals surface area contributed by atoms with Crippen LogP contribution in [-0.4, -0.2) is 22.4 Å². The van der Waals surface area contributed by atoms with Crippen LogP contribution in [0.2, 0.25) is 0 Å². The largest absolute Gasteiger partial charge is 0.301 e. The third-order valence-corrected chi connectivity index (χ3v) is 6.16. The van der Waals surface area contributed by atoms with Crippen molar-refractivity contribution in [1.29, 1.82) is 0 Å². The van der Waals surface area contributed by atoms with Crippen LogP contribution in [0.25, 0.3) is 0 Å². The minimum Gasteiger partial charge on any atom is -0.301 e. The fourth-order valence-electron chi connectivity index (χ4n) is 2.79. The Morgan fingerprint density at radius 1 is 1.33 bits per heavy atom. The van der Waals surface area contributed by atoms with E-state index in [9.17, 15) is 9.59 Å². The molecule has 0 spiro atoms. The molecule has 6 heteroatoms. The molecule has 0 unspecified atom stereocenters. The van der Waals surface area contributed by atoms with Gasteiger partial charge in [0.1, 0.15) is 0 Å². The Morgan fingerprint density at radius 3 is 2.83 bits per heavy atom. The summed E-state index contributed by atoms with van der Waals surface area (Å²) in [5, 5.41) is 3.36. The number of fused-ring (bicyclic) bond motifs is 1. The molecule has 126 valence electrons. The lowest BCUT2D eigenvalue weighted by atomic mass is 9.78. The molecule has 4 nitrogen and oxygen atoms in total. The highest BCUT2D eigenvalue weighted by Gasteiger charge is 2.34. The first-order chi connectivity index (χ1) is 11.3. The summed E-state index contributed by atoms with van der Waals surface area (Å²) < 4.78 is 0. The van der Waals surface area contributed by atoms with Crippen LogP contribution in [0.4, 0.5) is 5.13 Å². The summed E-state index contributed by atoms with van der Waals surface area (Å²) in [4.78, 5) is 30.6. The van der Waals surface area contributed by atoms with E-state index in [4.69, 9.17) is 0 Å². The molecule has 0 bridgehead atoms. The summed E-state index contributed by atoms with van der Waals surface area (Å²) in [5.74, 6) is 0.365. The van der Waals surface area contributed by atoms with Gasteiger partial charge >= 0.3 is 0 Å². The minimum absolute atomic E-state index is 0.0554. The number of hydrogen-bond acceptors (Lipinski definition) is 5. The van der Waals surface area contributed by atoms with Gasteiger partial charge in [0.2, 0.25) is 5.91 Å². The van der Waals surface area contributed by atoms with Gasteiger partial charge in [0, 0.05) is 11.3 Å². The second-order valence-corrected chi connectivity index (χ2v) is 8.85. The van der Waals surface area contributed by atoms with Gasteiger partial charge in [0.25, 0.3) is 0 Å². The number of ketones is 1. The second-order valence-electron chi connectivity index (χ2n) is 6.84. The summed E-state index contributed by atoms with van der Waals surface area (Å²) in [5.41, 5.74) is 1.93. The predicted octanol–water partition coefficient (Wildman–Crippen LogP) is 4.34. The number of Topliss-reactive ketones (excluding diaryl/α,β-unsaturated/α-hetero) is 1. The molecule has 1 aliphatic rings. The third-order valence-electron chi connectivity index (χ3n) is 3.93. The Morgan fingerprint density at radius 2 is 2.08 bits per heavy atom. The fraction of sp³-hybridized carbons (Fsp3) is 0.389. The summed E-state index contributed by atoms with van der Waals surface area (Å²) in [6, 6.07) is 7.99. The first-order valence-corrected chi connectivity index (χ1v) is 9.65. The van der Waals surface area contributed by atoms with Crippen LogP contribution in [-0.2, 0) is 11.2 Å². The van der Waals surface area contributed by atoms with Crippen LogP contribution in [0.15, 0.2) is 29.2 Å². The minimum atomic E-state index is -0.0962. The third kappa shape index (κ3) is 3.87. The molecular formula is C18H20N2O2S2. The van der Waals surface area contributed by atoms with E-state index in [0.29, 0.717) is 22.2 Å². The van der Waals surface area contributed by atoms with Gasteiger partial charge in [-0.15, -0.1) is 11.8 Å². The number of carbonyl (C=O) groups is 2. The summed E-state index contributed by atoms with van der Waals surface area (Å²) >= 11 is 2.80. The quantitative estimate of drug-likeness (QED) is 0.824. The SMILES string of the molecule is Cc1ccccc1SCC(=O)Nc1nc2c(s1)C(=O)CC(C)(C)C2. The van der Waals surface area contributed by atoms with E-state index in [1.165, 1.54) is 23.1 Å². The lowest BCUT2D eigenvalue weighted by molar-refractivity contribution is -0.113. The van der Waals surface area contributed by atoms with Gasteiger partial charge in [0.15, 0.2) is 10.9 Å². The molecule has 1 amide bonds. The standard InChI is InChI=1S/C18H20N2O2S2/c1-11-6-4-5-7-14(11)23-10-15(22)20-17-19-12-8-18(2,3)9-13(21)16(12)24-17/h4-7H,8-10H2,1-3H3,(H,19,20,22). The number of nitrogens with zero attached hydrogens (tertiary/aromatic N) is 1. The molecule has 1 N–H and O–H groups in total. The maximum Gasteiger partial charge on any atom is 0.236 e. The maximum atomic E-state index is 12.2. The number of benzene rings is 1. The zero-order chi connectivity index (χ0) is 17.3. The molecule has 2 aromatic rings. The van der Waals surface area contributed by atoms with Crippen LogP contribution in [0.1, 0.15) is 41.2 Å². The van der Waals surface area contributed by atoms with Gasteiger partial charge in [-0.25, -0.2) is 4.98 Å². The van der Waals surface area contributed by atoms with E-state index in [-0.39, 0.29) is 17.1 Å². The Bertz CT molecular complexity index is 796. The van der Waals surface area contributed by atoms with E-state index in [1.54, 1.807) is 0 Å². The van der Waals surface area contributed by atoms with Crippen LogP contribution < -0.4 is 5.32 Å². The number of hydrogen-bond donors (Lipinski definition) is 1. The molecule has 0 fully saturated rings. The molecule has 0 saturated heterocycles. The average Bonchev–Trinajstić information content (AvgIpc) is 2.87. The van der Waals surface area contributed by atoms with Crippen molar-refractivity contribution >= 4 is 39.9 Å². The number of thiazole rings is 1. The second kappa shape index (κ2) is 6.69. The molecule has 3 rings (SSSR count).